The molecule has 4 nitrogen and oxygen atoms in total. The van der Waals surface area contributed by atoms with Gasteiger partial charge in [-0.2, -0.15) is 0 Å². The fourth-order valence-electron chi connectivity index (χ4n) is 3.45. The van der Waals surface area contributed by atoms with E-state index in [0.717, 1.165) is 17.9 Å². The van der Waals surface area contributed by atoms with E-state index in [1.807, 2.05) is 24.3 Å². The van der Waals surface area contributed by atoms with Crippen LogP contribution < -0.4 is 4.74 Å². The van der Waals surface area contributed by atoms with Crippen LogP contribution in [0.4, 0.5) is 0 Å². The molecule has 2 aliphatic rings. The molecule has 22 heavy (non-hydrogen) atoms. The first kappa shape index (κ1) is 15.3. The van der Waals surface area contributed by atoms with Crippen molar-refractivity contribution in [2.45, 2.75) is 44.6 Å². The van der Waals surface area contributed by atoms with Crippen LogP contribution in [0.15, 0.2) is 24.3 Å². The Labute approximate surface area is 131 Å². The smallest absolute Gasteiger partial charge is 0.306 e. The Balaban J connectivity index is 1.61. The van der Waals surface area contributed by atoms with E-state index in [2.05, 4.69) is 0 Å². The molecular weight excluding hydrogens is 280 g/mol. The Morgan fingerprint density at radius 2 is 2.09 bits per heavy atom. The molecule has 3 rings (SSSR count). The molecule has 1 aromatic carbocycles. The third-order valence-corrected chi connectivity index (χ3v) is 4.82. The van der Waals surface area contributed by atoms with Crippen LogP contribution in [0.25, 0.3) is 0 Å². The predicted octanol–water partition coefficient (Wildman–Crippen LogP) is 3.81. The molecule has 0 radical (unpaired) electrons. The molecule has 1 saturated heterocycles. The van der Waals surface area contributed by atoms with Crippen LogP contribution in [-0.4, -0.2) is 24.3 Å². The minimum absolute atomic E-state index is 0.134. The van der Waals surface area contributed by atoms with Gasteiger partial charge in [0.2, 0.25) is 0 Å². The summed E-state index contributed by atoms with van der Waals surface area (Å²) in [6, 6.07) is 7.93. The molecule has 0 bridgehead atoms. The maximum absolute atomic E-state index is 11.2. The highest BCUT2D eigenvalue weighted by Gasteiger charge is 2.28. The van der Waals surface area contributed by atoms with Crippen LogP contribution in [0, 0.1) is 11.8 Å². The summed E-state index contributed by atoms with van der Waals surface area (Å²) in [6.07, 6.45) is 6.19. The van der Waals surface area contributed by atoms with Crippen molar-refractivity contribution in [1.29, 1.82) is 0 Å². The molecule has 4 heteroatoms. The highest BCUT2D eigenvalue weighted by molar-refractivity contribution is 5.70. The van der Waals surface area contributed by atoms with Crippen molar-refractivity contribution in [3.05, 3.63) is 29.8 Å². The highest BCUT2D eigenvalue weighted by atomic mass is 16.5. The normalized spacial score (nSPS) is 26.0. The molecule has 1 saturated carbocycles. The topological polar surface area (TPSA) is 55.8 Å². The van der Waals surface area contributed by atoms with Crippen LogP contribution in [0.5, 0.6) is 5.75 Å². The van der Waals surface area contributed by atoms with Crippen molar-refractivity contribution in [3.8, 4) is 5.75 Å². The molecule has 0 spiro atoms. The lowest BCUT2D eigenvalue weighted by Gasteiger charge is -2.27. The standard InChI is InChI=1S/C18H24O4/c19-18(20)15-8-9-21-17(11-15)14-6-3-7-16(10-14)22-12-13-4-1-2-5-13/h3,6-7,10,13,15,17H,1-2,4-5,8-9,11-12H2,(H,19,20). The fourth-order valence-corrected chi connectivity index (χ4v) is 3.45. The number of benzene rings is 1. The van der Waals surface area contributed by atoms with Gasteiger partial charge in [-0.25, -0.2) is 0 Å². The van der Waals surface area contributed by atoms with Crippen LogP contribution in [0.2, 0.25) is 0 Å². The van der Waals surface area contributed by atoms with Crippen molar-refractivity contribution in [3.63, 3.8) is 0 Å². The first-order valence-corrected chi connectivity index (χ1v) is 8.29. The molecule has 1 aromatic rings. The van der Waals surface area contributed by atoms with Gasteiger partial charge in [0.1, 0.15) is 5.75 Å². The van der Waals surface area contributed by atoms with Gasteiger partial charge in [-0.3, -0.25) is 4.79 Å². The first-order chi connectivity index (χ1) is 10.7. The molecule has 120 valence electrons. The number of ether oxygens (including phenoxy) is 2. The molecule has 2 atom stereocenters. The number of hydrogen-bond donors (Lipinski definition) is 1. The Bertz CT molecular complexity index is 508. The maximum atomic E-state index is 11.2. The number of carbonyl (C=O) groups is 1. The average molecular weight is 304 g/mol. The lowest BCUT2D eigenvalue weighted by Crippen LogP contribution is -2.25. The summed E-state index contributed by atoms with van der Waals surface area (Å²) in [5, 5.41) is 9.18. The van der Waals surface area contributed by atoms with Gasteiger partial charge in [0.25, 0.3) is 0 Å². The van der Waals surface area contributed by atoms with E-state index >= 15 is 0 Å². The largest absolute Gasteiger partial charge is 0.493 e. The monoisotopic (exact) mass is 304 g/mol. The Morgan fingerprint density at radius 1 is 1.27 bits per heavy atom. The zero-order valence-corrected chi connectivity index (χ0v) is 12.9. The number of aliphatic carboxylic acids is 1. The number of rotatable bonds is 5. The third kappa shape index (κ3) is 3.80. The molecule has 2 unspecified atom stereocenters. The van der Waals surface area contributed by atoms with Crippen molar-refractivity contribution in [1.82, 2.24) is 0 Å². The van der Waals surface area contributed by atoms with E-state index in [4.69, 9.17) is 9.47 Å². The van der Waals surface area contributed by atoms with Gasteiger partial charge in [0.15, 0.2) is 0 Å². The second kappa shape index (κ2) is 7.14. The van der Waals surface area contributed by atoms with Gasteiger partial charge < -0.3 is 14.6 Å². The Morgan fingerprint density at radius 3 is 2.86 bits per heavy atom. The van der Waals surface area contributed by atoms with Gasteiger partial charge in [-0.05, 0) is 49.3 Å². The summed E-state index contributed by atoms with van der Waals surface area (Å²) < 4.78 is 11.7. The fraction of sp³-hybridized carbons (Fsp3) is 0.611. The van der Waals surface area contributed by atoms with Gasteiger partial charge in [-0.1, -0.05) is 25.0 Å². The first-order valence-electron chi connectivity index (χ1n) is 8.29. The van der Waals surface area contributed by atoms with E-state index < -0.39 is 5.97 Å². The van der Waals surface area contributed by atoms with Crippen molar-refractivity contribution >= 4 is 5.97 Å². The second-order valence-corrected chi connectivity index (χ2v) is 6.45. The van der Waals surface area contributed by atoms with E-state index in [9.17, 15) is 9.90 Å². The van der Waals surface area contributed by atoms with Crippen LogP contribution >= 0.6 is 0 Å². The zero-order chi connectivity index (χ0) is 15.4. The van der Waals surface area contributed by atoms with Gasteiger partial charge >= 0.3 is 5.97 Å². The summed E-state index contributed by atoms with van der Waals surface area (Å²) in [6.45, 7) is 1.29. The number of carboxylic acids is 1. The van der Waals surface area contributed by atoms with E-state index in [-0.39, 0.29) is 12.0 Å². The molecule has 1 heterocycles. The Kier molecular flexibility index (Phi) is 4.98. The summed E-state index contributed by atoms with van der Waals surface area (Å²) in [7, 11) is 0. The number of carboxylic acid groups (broad SMARTS) is 1. The van der Waals surface area contributed by atoms with Crippen molar-refractivity contribution < 1.29 is 19.4 Å². The Hall–Kier alpha value is -1.55. The van der Waals surface area contributed by atoms with Gasteiger partial charge in [-0.15, -0.1) is 0 Å². The molecule has 1 N–H and O–H groups in total. The minimum Gasteiger partial charge on any atom is -0.493 e. The van der Waals surface area contributed by atoms with Gasteiger partial charge in [0, 0.05) is 6.61 Å². The summed E-state index contributed by atoms with van der Waals surface area (Å²) in [5.41, 5.74) is 1.02. The minimum atomic E-state index is -0.720. The summed E-state index contributed by atoms with van der Waals surface area (Å²) >= 11 is 0. The molecule has 2 fully saturated rings. The molecule has 0 amide bonds. The van der Waals surface area contributed by atoms with Crippen molar-refractivity contribution in [2.75, 3.05) is 13.2 Å². The molecule has 0 aromatic heterocycles. The maximum Gasteiger partial charge on any atom is 0.306 e. The average Bonchev–Trinajstić information content (AvgIpc) is 3.07. The van der Waals surface area contributed by atoms with Crippen molar-refractivity contribution in [2.24, 2.45) is 11.8 Å². The number of hydrogen-bond acceptors (Lipinski definition) is 3. The highest BCUT2D eigenvalue weighted by Crippen LogP contribution is 2.33. The molecular formula is C18H24O4. The lowest BCUT2D eigenvalue weighted by molar-refractivity contribution is -0.147. The lowest BCUT2D eigenvalue weighted by atomic mass is 9.92. The van der Waals surface area contributed by atoms with Gasteiger partial charge in [0.05, 0.1) is 18.6 Å². The SMILES string of the molecule is O=C(O)C1CCOC(c2cccc(OCC3CCCC3)c2)C1. The second-order valence-electron chi connectivity index (χ2n) is 6.45. The van der Waals surface area contributed by atoms with Crippen LogP contribution in [-0.2, 0) is 9.53 Å². The molecule has 1 aliphatic carbocycles. The van der Waals surface area contributed by atoms with E-state index in [1.54, 1.807) is 0 Å². The van der Waals surface area contributed by atoms with E-state index in [1.165, 1.54) is 25.7 Å². The predicted molar refractivity (Wildman–Crippen MR) is 82.9 cm³/mol. The molecule has 1 aliphatic heterocycles. The zero-order valence-electron chi connectivity index (χ0n) is 12.9. The van der Waals surface area contributed by atoms with Crippen LogP contribution in [0.3, 0.4) is 0 Å². The third-order valence-electron chi connectivity index (χ3n) is 4.82. The van der Waals surface area contributed by atoms with E-state index in [0.29, 0.717) is 25.4 Å². The summed E-state index contributed by atoms with van der Waals surface area (Å²) in [5.74, 6) is 0.528. The quantitative estimate of drug-likeness (QED) is 0.898. The summed E-state index contributed by atoms with van der Waals surface area (Å²) in [4.78, 5) is 11.2. The van der Waals surface area contributed by atoms with Crippen LogP contribution in [0.1, 0.15) is 50.2 Å².